The van der Waals surface area contributed by atoms with Crippen molar-refractivity contribution in [2.75, 3.05) is 24.5 Å². The van der Waals surface area contributed by atoms with Crippen LogP contribution in [0.1, 0.15) is 32.6 Å². The minimum Gasteiger partial charge on any atom is -0.371 e. The fourth-order valence-corrected chi connectivity index (χ4v) is 1.88. The maximum Gasteiger partial charge on any atom is 0.125 e. The fourth-order valence-electron chi connectivity index (χ4n) is 1.88. The number of hydrogen-bond acceptors (Lipinski definition) is 2. The van der Waals surface area contributed by atoms with Crippen molar-refractivity contribution in [2.24, 2.45) is 5.73 Å². The molecule has 3 heteroatoms. The van der Waals surface area contributed by atoms with E-state index in [1.807, 2.05) is 6.07 Å². The smallest absolute Gasteiger partial charge is 0.125 e. The van der Waals surface area contributed by atoms with Crippen LogP contribution in [-0.4, -0.2) is 19.6 Å². The molecule has 0 aliphatic heterocycles. The highest BCUT2D eigenvalue weighted by molar-refractivity contribution is 5.46. The van der Waals surface area contributed by atoms with Gasteiger partial charge in [0.25, 0.3) is 0 Å². The minimum absolute atomic E-state index is 0.171. The highest BCUT2D eigenvalue weighted by atomic mass is 19.1. The predicted molar refractivity (Wildman–Crippen MR) is 71.8 cm³/mol. The molecule has 0 aliphatic carbocycles. The first-order valence-corrected chi connectivity index (χ1v) is 6.48. The van der Waals surface area contributed by atoms with E-state index in [0.29, 0.717) is 6.54 Å². The maximum absolute atomic E-state index is 13.2. The third kappa shape index (κ3) is 5.18. The topological polar surface area (TPSA) is 29.3 Å². The summed E-state index contributed by atoms with van der Waals surface area (Å²) >= 11 is 0. The van der Waals surface area contributed by atoms with E-state index in [0.717, 1.165) is 31.6 Å². The van der Waals surface area contributed by atoms with Gasteiger partial charge in [-0.15, -0.1) is 0 Å². The van der Waals surface area contributed by atoms with E-state index in [4.69, 9.17) is 5.73 Å². The number of nitrogens with zero attached hydrogens (tertiary/aromatic N) is 1. The summed E-state index contributed by atoms with van der Waals surface area (Å²) in [4.78, 5) is 2.23. The molecule has 17 heavy (non-hydrogen) atoms. The van der Waals surface area contributed by atoms with E-state index in [9.17, 15) is 4.39 Å². The fraction of sp³-hybridized carbons (Fsp3) is 0.571. The summed E-state index contributed by atoms with van der Waals surface area (Å²) in [5.41, 5.74) is 6.51. The van der Waals surface area contributed by atoms with E-state index >= 15 is 0 Å². The van der Waals surface area contributed by atoms with E-state index < -0.39 is 0 Å². The average Bonchev–Trinajstić information content (AvgIpc) is 2.33. The van der Waals surface area contributed by atoms with Crippen LogP contribution < -0.4 is 10.6 Å². The molecule has 0 unspecified atom stereocenters. The zero-order valence-electron chi connectivity index (χ0n) is 10.7. The first-order chi connectivity index (χ1) is 8.27. The van der Waals surface area contributed by atoms with E-state index in [-0.39, 0.29) is 5.82 Å². The normalized spacial score (nSPS) is 10.5. The van der Waals surface area contributed by atoms with Gasteiger partial charge in [-0.2, -0.15) is 0 Å². The lowest BCUT2D eigenvalue weighted by Crippen LogP contribution is -2.27. The van der Waals surface area contributed by atoms with Crippen LogP contribution in [0.25, 0.3) is 0 Å². The van der Waals surface area contributed by atoms with Crippen molar-refractivity contribution in [3.05, 3.63) is 30.1 Å². The molecule has 2 N–H and O–H groups in total. The second kappa shape index (κ2) is 8.07. The van der Waals surface area contributed by atoms with Gasteiger partial charge in [-0.3, -0.25) is 0 Å². The van der Waals surface area contributed by atoms with Crippen molar-refractivity contribution >= 4 is 5.69 Å². The van der Waals surface area contributed by atoms with Crippen LogP contribution >= 0.6 is 0 Å². The zero-order chi connectivity index (χ0) is 12.5. The maximum atomic E-state index is 13.2. The molecule has 0 aliphatic rings. The average molecular weight is 238 g/mol. The van der Waals surface area contributed by atoms with E-state index in [1.54, 1.807) is 12.1 Å². The SMILES string of the molecule is CCCCCN(CCCN)c1cccc(F)c1. The van der Waals surface area contributed by atoms with Crippen molar-refractivity contribution in [2.45, 2.75) is 32.6 Å². The Morgan fingerprint density at radius 1 is 1.18 bits per heavy atom. The Kier molecular flexibility index (Phi) is 6.63. The monoisotopic (exact) mass is 238 g/mol. The van der Waals surface area contributed by atoms with Crippen molar-refractivity contribution in [3.8, 4) is 0 Å². The van der Waals surface area contributed by atoms with E-state index in [1.165, 1.54) is 18.9 Å². The van der Waals surface area contributed by atoms with Crippen LogP contribution in [0.5, 0.6) is 0 Å². The molecule has 0 fully saturated rings. The number of nitrogens with two attached hydrogens (primary N) is 1. The number of rotatable bonds is 8. The van der Waals surface area contributed by atoms with Gasteiger partial charge in [0, 0.05) is 18.8 Å². The van der Waals surface area contributed by atoms with Gasteiger partial charge in [-0.05, 0) is 37.6 Å². The van der Waals surface area contributed by atoms with Crippen molar-refractivity contribution in [1.82, 2.24) is 0 Å². The first-order valence-electron chi connectivity index (χ1n) is 6.48. The van der Waals surface area contributed by atoms with Gasteiger partial charge in [-0.25, -0.2) is 4.39 Å². The van der Waals surface area contributed by atoms with Gasteiger partial charge in [0.2, 0.25) is 0 Å². The lowest BCUT2D eigenvalue weighted by molar-refractivity contribution is 0.622. The van der Waals surface area contributed by atoms with Gasteiger partial charge in [0.05, 0.1) is 0 Å². The highest BCUT2D eigenvalue weighted by Gasteiger charge is 2.06. The Balaban J connectivity index is 2.60. The lowest BCUT2D eigenvalue weighted by Gasteiger charge is -2.24. The first kappa shape index (κ1) is 14.0. The van der Waals surface area contributed by atoms with Gasteiger partial charge in [0.1, 0.15) is 5.82 Å². The molecule has 0 atom stereocenters. The van der Waals surface area contributed by atoms with Gasteiger partial charge < -0.3 is 10.6 Å². The molecule has 0 heterocycles. The van der Waals surface area contributed by atoms with E-state index in [2.05, 4.69) is 11.8 Å². The molecule has 2 nitrogen and oxygen atoms in total. The molecule has 96 valence electrons. The highest BCUT2D eigenvalue weighted by Crippen LogP contribution is 2.16. The third-order valence-electron chi connectivity index (χ3n) is 2.84. The van der Waals surface area contributed by atoms with Crippen LogP contribution in [-0.2, 0) is 0 Å². The predicted octanol–water partition coefficient (Wildman–Crippen LogP) is 3.17. The van der Waals surface area contributed by atoms with Gasteiger partial charge in [0.15, 0.2) is 0 Å². The summed E-state index contributed by atoms with van der Waals surface area (Å²) in [5, 5.41) is 0. The molecular formula is C14H23FN2. The summed E-state index contributed by atoms with van der Waals surface area (Å²) in [6.07, 6.45) is 4.52. The number of halogens is 1. The Morgan fingerprint density at radius 3 is 2.59 bits per heavy atom. The summed E-state index contributed by atoms with van der Waals surface area (Å²) in [7, 11) is 0. The zero-order valence-corrected chi connectivity index (χ0v) is 10.7. The lowest BCUT2D eigenvalue weighted by atomic mass is 10.2. The Labute approximate surface area is 104 Å². The van der Waals surface area contributed by atoms with Gasteiger partial charge in [-0.1, -0.05) is 25.8 Å². The molecule has 1 rings (SSSR count). The second-order valence-electron chi connectivity index (χ2n) is 4.32. The van der Waals surface area contributed by atoms with Crippen LogP contribution in [0.15, 0.2) is 24.3 Å². The van der Waals surface area contributed by atoms with Gasteiger partial charge >= 0.3 is 0 Å². The van der Waals surface area contributed by atoms with Crippen molar-refractivity contribution in [3.63, 3.8) is 0 Å². The number of hydrogen-bond donors (Lipinski definition) is 1. The number of benzene rings is 1. The standard InChI is InChI=1S/C14H23FN2/c1-2-3-4-10-17(11-6-9-16)14-8-5-7-13(15)12-14/h5,7-8,12H,2-4,6,9-11,16H2,1H3. The molecule has 0 radical (unpaired) electrons. The van der Waals surface area contributed by atoms with Crippen LogP contribution in [0.3, 0.4) is 0 Å². The molecule has 0 saturated carbocycles. The molecule has 0 spiro atoms. The molecule has 1 aromatic rings. The summed E-state index contributed by atoms with van der Waals surface area (Å²) in [6, 6.07) is 6.81. The number of unbranched alkanes of at least 4 members (excludes halogenated alkanes) is 2. The Hall–Kier alpha value is -1.09. The third-order valence-corrected chi connectivity index (χ3v) is 2.84. The molecule has 1 aromatic carbocycles. The molecular weight excluding hydrogens is 215 g/mol. The summed E-state index contributed by atoms with van der Waals surface area (Å²) in [6.45, 7) is 4.76. The Morgan fingerprint density at radius 2 is 1.94 bits per heavy atom. The second-order valence-corrected chi connectivity index (χ2v) is 4.32. The minimum atomic E-state index is -0.171. The summed E-state index contributed by atoms with van der Waals surface area (Å²) < 4.78 is 13.2. The molecule has 0 amide bonds. The molecule has 0 saturated heterocycles. The van der Waals surface area contributed by atoms with Crippen LogP contribution in [0.4, 0.5) is 10.1 Å². The molecule has 0 bridgehead atoms. The summed E-state index contributed by atoms with van der Waals surface area (Å²) in [5.74, 6) is -0.171. The Bertz CT molecular complexity index is 315. The van der Waals surface area contributed by atoms with Crippen molar-refractivity contribution < 1.29 is 4.39 Å². The van der Waals surface area contributed by atoms with Crippen LogP contribution in [0, 0.1) is 5.82 Å². The largest absolute Gasteiger partial charge is 0.371 e. The number of anilines is 1. The van der Waals surface area contributed by atoms with Crippen LogP contribution in [0.2, 0.25) is 0 Å². The van der Waals surface area contributed by atoms with Crippen molar-refractivity contribution in [1.29, 1.82) is 0 Å². The quantitative estimate of drug-likeness (QED) is 0.705. The molecule has 0 aromatic heterocycles.